The molecule has 0 saturated heterocycles. The summed E-state index contributed by atoms with van der Waals surface area (Å²) in [6.07, 6.45) is 1.33. The minimum atomic E-state index is -1.14. The molecule has 3 N–H and O–H groups in total. The molecule has 7 nitrogen and oxygen atoms in total. The summed E-state index contributed by atoms with van der Waals surface area (Å²) >= 11 is 0. The van der Waals surface area contributed by atoms with Crippen LogP contribution in [0.15, 0.2) is 48.5 Å². The van der Waals surface area contributed by atoms with Gasteiger partial charge in [-0.2, -0.15) is 0 Å². The monoisotopic (exact) mass is 450 g/mol. The lowest BCUT2D eigenvalue weighted by Crippen LogP contribution is -2.60. The van der Waals surface area contributed by atoms with Gasteiger partial charge in [-0.15, -0.1) is 0 Å². The lowest BCUT2D eigenvalue weighted by Gasteiger charge is -2.31. The highest BCUT2D eigenvalue weighted by molar-refractivity contribution is 5.91. The second kappa shape index (κ2) is 9.25. The molecule has 7 heteroatoms. The number of nitrogens with one attached hydrogen (secondary N) is 2. The SMILES string of the molecule is CCC(CC(=O)O)NC(=O)C(C)(NC(=O)OCC1c2ccccc2-c2ccccc21)C1CC1. The van der Waals surface area contributed by atoms with Gasteiger partial charge in [0.15, 0.2) is 0 Å². The Kier molecular flexibility index (Phi) is 6.40. The summed E-state index contributed by atoms with van der Waals surface area (Å²) in [6, 6.07) is 15.7. The molecule has 1 fully saturated rings. The zero-order chi connectivity index (χ0) is 23.6. The lowest BCUT2D eigenvalue weighted by molar-refractivity contribution is -0.138. The molecule has 2 aromatic rings. The number of benzene rings is 2. The van der Waals surface area contributed by atoms with Crippen molar-refractivity contribution in [2.45, 2.75) is 57.0 Å². The van der Waals surface area contributed by atoms with Gasteiger partial charge in [-0.1, -0.05) is 55.5 Å². The fraction of sp³-hybridized carbons (Fsp3) is 0.423. The van der Waals surface area contributed by atoms with Crippen LogP contribution >= 0.6 is 0 Å². The predicted octanol–water partition coefficient (Wildman–Crippen LogP) is 4.06. The second-order valence-corrected chi connectivity index (χ2v) is 9.10. The van der Waals surface area contributed by atoms with Crippen LogP contribution in [0.1, 0.15) is 56.6 Å². The molecule has 2 amide bonds. The first-order valence-electron chi connectivity index (χ1n) is 11.5. The van der Waals surface area contributed by atoms with Gasteiger partial charge in [-0.25, -0.2) is 4.79 Å². The molecule has 4 rings (SSSR count). The molecule has 2 atom stereocenters. The number of hydrogen-bond acceptors (Lipinski definition) is 4. The summed E-state index contributed by atoms with van der Waals surface area (Å²) in [5, 5.41) is 14.7. The van der Waals surface area contributed by atoms with Crippen molar-refractivity contribution in [3.05, 3.63) is 59.7 Å². The predicted molar refractivity (Wildman–Crippen MR) is 124 cm³/mol. The molecular weight excluding hydrogens is 420 g/mol. The van der Waals surface area contributed by atoms with Gasteiger partial charge in [0.05, 0.1) is 6.42 Å². The largest absolute Gasteiger partial charge is 0.481 e. The van der Waals surface area contributed by atoms with E-state index >= 15 is 0 Å². The van der Waals surface area contributed by atoms with Gasteiger partial charge in [-0.3, -0.25) is 9.59 Å². The Bertz CT molecular complexity index is 1020. The zero-order valence-corrected chi connectivity index (χ0v) is 19.0. The summed E-state index contributed by atoms with van der Waals surface area (Å²) < 4.78 is 5.64. The van der Waals surface area contributed by atoms with Gasteiger partial charge < -0.3 is 20.5 Å². The Morgan fingerprint density at radius 1 is 1.06 bits per heavy atom. The topological polar surface area (TPSA) is 105 Å². The quantitative estimate of drug-likeness (QED) is 0.534. The molecule has 2 aromatic carbocycles. The smallest absolute Gasteiger partial charge is 0.408 e. The molecule has 0 spiro atoms. The number of fused-ring (bicyclic) bond motifs is 3. The first-order valence-corrected chi connectivity index (χ1v) is 11.5. The summed E-state index contributed by atoms with van der Waals surface area (Å²) in [7, 11) is 0. The molecule has 0 heterocycles. The van der Waals surface area contributed by atoms with Crippen molar-refractivity contribution < 1.29 is 24.2 Å². The maximum Gasteiger partial charge on any atom is 0.408 e. The molecule has 174 valence electrons. The van der Waals surface area contributed by atoms with Crippen molar-refractivity contribution in [1.29, 1.82) is 0 Å². The highest BCUT2D eigenvalue weighted by Crippen LogP contribution is 2.44. The molecule has 1 saturated carbocycles. The molecule has 2 unspecified atom stereocenters. The van der Waals surface area contributed by atoms with Crippen molar-refractivity contribution >= 4 is 18.0 Å². The van der Waals surface area contributed by atoms with Gasteiger partial charge in [0, 0.05) is 12.0 Å². The van der Waals surface area contributed by atoms with Crippen molar-refractivity contribution in [3.8, 4) is 11.1 Å². The van der Waals surface area contributed by atoms with E-state index in [1.807, 2.05) is 31.2 Å². The van der Waals surface area contributed by atoms with Crippen LogP contribution in [0.25, 0.3) is 11.1 Å². The van der Waals surface area contributed by atoms with E-state index in [-0.39, 0.29) is 30.8 Å². The van der Waals surface area contributed by atoms with Gasteiger partial charge >= 0.3 is 12.1 Å². The Morgan fingerprint density at radius 2 is 1.64 bits per heavy atom. The van der Waals surface area contributed by atoms with E-state index in [9.17, 15) is 14.4 Å². The number of ether oxygens (including phenoxy) is 1. The fourth-order valence-corrected chi connectivity index (χ4v) is 4.69. The first kappa shape index (κ1) is 22.8. The summed E-state index contributed by atoms with van der Waals surface area (Å²) in [5.41, 5.74) is 3.39. The zero-order valence-electron chi connectivity index (χ0n) is 19.0. The molecule has 0 radical (unpaired) electrons. The van der Waals surface area contributed by atoms with Crippen LogP contribution in [0, 0.1) is 5.92 Å². The van der Waals surface area contributed by atoms with Crippen LogP contribution in [0.4, 0.5) is 4.79 Å². The number of rotatable bonds is 9. The van der Waals surface area contributed by atoms with Crippen molar-refractivity contribution in [1.82, 2.24) is 10.6 Å². The Hall–Kier alpha value is -3.35. The average Bonchev–Trinajstić information content (AvgIpc) is 3.61. The first-order chi connectivity index (χ1) is 15.8. The van der Waals surface area contributed by atoms with Crippen LogP contribution in [0.5, 0.6) is 0 Å². The van der Waals surface area contributed by atoms with E-state index in [2.05, 4.69) is 34.9 Å². The standard InChI is InChI=1S/C26H30N2O5/c1-3-17(14-23(29)30)27-24(31)26(2,16-12-13-16)28-25(32)33-15-22-20-10-6-4-8-18(20)19-9-5-7-11-21(19)22/h4-11,16-17,22H,3,12-15H2,1-2H3,(H,27,31)(H,28,32)(H,29,30). The Labute approximate surface area is 193 Å². The third-order valence-corrected chi connectivity index (χ3v) is 6.82. The number of amides is 2. The van der Waals surface area contributed by atoms with Gasteiger partial charge in [0.1, 0.15) is 12.1 Å². The van der Waals surface area contributed by atoms with E-state index in [0.717, 1.165) is 35.1 Å². The number of hydrogen-bond donors (Lipinski definition) is 3. The molecule has 2 aliphatic rings. The van der Waals surface area contributed by atoms with E-state index in [1.54, 1.807) is 6.92 Å². The van der Waals surface area contributed by atoms with Crippen molar-refractivity contribution in [3.63, 3.8) is 0 Å². The fourth-order valence-electron chi connectivity index (χ4n) is 4.69. The van der Waals surface area contributed by atoms with E-state index < -0.39 is 23.6 Å². The summed E-state index contributed by atoms with van der Waals surface area (Å²) in [4.78, 5) is 36.9. The van der Waals surface area contributed by atoms with Crippen LogP contribution in [-0.2, 0) is 14.3 Å². The normalized spacial score (nSPS) is 17.3. The molecule has 0 bridgehead atoms. The number of alkyl carbamates (subject to hydrolysis) is 1. The number of carboxylic acids is 1. The van der Waals surface area contributed by atoms with Crippen LogP contribution in [-0.4, -0.2) is 41.3 Å². The van der Waals surface area contributed by atoms with E-state index in [4.69, 9.17) is 9.84 Å². The number of carbonyl (C=O) groups excluding carboxylic acids is 2. The van der Waals surface area contributed by atoms with Gasteiger partial charge in [0.2, 0.25) is 5.91 Å². The molecule has 0 aliphatic heterocycles. The molecular formula is C26H30N2O5. The highest BCUT2D eigenvalue weighted by Gasteiger charge is 2.49. The van der Waals surface area contributed by atoms with E-state index in [0.29, 0.717) is 6.42 Å². The molecule has 0 aromatic heterocycles. The number of carbonyl (C=O) groups is 3. The van der Waals surface area contributed by atoms with Crippen molar-refractivity contribution in [2.75, 3.05) is 6.61 Å². The van der Waals surface area contributed by atoms with Crippen LogP contribution in [0.3, 0.4) is 0 Å². The maximum atomic E-state index is 13.0. The minimum Gasteiger partial charge on any atom is -0.481 e. The van der Waals surface area contributed by atoms with E-state index in [1.165, 1.54) is 0 Å². The molecule has 2 aliphatic carbocycles. The summed E-state index contributed by atoms with van der Waals surface area (Å²) in [5.74, 6) is -1.41. The summed E-state index contributed by atoms with van der Waals surface area (Å²) in [6.45, 7) is 3.68. The minimum absolute atomic E-state index is 0.000293. The molecule has 33 heavy (non-hydrogen) atoms. The number of carboxylic acid groups (broad SMARTS) is 1. The second-order valence-electron chi connectivity index (χ2n) is 9.10. The lowest BCUT2D eigenvalue weighted by atomic mass is 9.94. The Balaban J connectivity index is 1.43. The Morgan fingerprint density at radius 3 is 2.15 bits per heavy atom. The van der Waals surface area contributed by atoms with Crippen molar-refractivity contribution in [2.24, 2.45) is 5.92 Å². The third kappa shape index (κ3) is 4.72. The van der Waals surface area contributed by atoms with Crippen LogP contribution < -0.4 is 10.6 Å². The third-order valence-electron chi connectivity index (χ3n) is 6.82. The highest BCUT2D eigenvalue weighted by atomic mass is 16.5. The maximum absolute atomic E-state index is 13.0. The number of aliphatic carboxylic acids is 1. The van der Waals surface area contributed by atoms with Gasteiger partial charge in [-0.05, 0) is 54.4 Å². The van der Waals surface area contributed by atoms with Gasteiger partial charge in [0.25, 0.3) is 0 Å². The van der Waals surface area contributed by atoms with Crippen LogP contribution in [0.2, 0.25) is 0 Å². The average molecular weight is 451 g/mol.